The Balaban J connectivity index is 0.00000243. The number of rotatable bonds is 5. The van der Waals surface area contributed by atoms with Gasteiger partial charge in [0.1, 0.15) is 0 Å². The molecule has 9 heteroatoms. The summed E-state index contributed by atoms with van der Waals surface area (Å²) in [6, 6.07) is 5.90. The first-order chi connectivity index (χ1) is 12.0. The fourth-order valence-electron chi connectivity index (χ4n) is 3.09. The van der Waals surface area contributed by atoms with Crippen LogP contribution in [-0.2, 0) is 16.4 Å². The van der Waals surface area contributed by atoms with Crippen LogP contribution in [-0.4, -0.2) is 57.7 Å². The van der Waals surface area contributed by atoms with Crippen molar-refractivity contribution < 1.29 is 17.9 Å². The maximum atomic E-state index is 11.6. The summed E-state index contributed by atoms with van der Waals surface area (Å²) in [7, 11) is -0.890. The van der Waals surface area contributed by atoms with Gasteiger partial charge in [-0.3, -0.25) is 4.99 Å². The highest BCUT2D eigenvalue weighted by molar-refractivity contribution is 14.0. The first-order valence-electron chi connectivity index (χ1n) is 8.55. The van der Waals surface area contributed by atoms with E-state index in [1.807, 2.05) is 37.1 Å². The molecule has 2 aliphatic rings. The SMILES string of the molecule is CCNC(=NCC1CCS(=O)(=O)C1)N(C)Cc1ccc2c(c1)OCO2.I. The van der Waals surface area contributed by atoms with Crippen LogP contribution in [0, 0.1) is 5.92 Å². The standard InChI is InChI=1S/C17H25N3O4S.HI/c1-3-18-17(19-9-14-6-7-25(21,22)11-14)20(2)10-13-4-5-15-16(8-13)24-12-23-15;/h4-5,8,14H,3,6-7,9-12H2,1-2H3,(H,18,19);1H. The molecule has 1 aromatic rings. The number of nitrogens with zero attached hydrogens (tertiary/aromatic N) is 2. The monoisotopic (exact) mass is 495 g/mol. The summed E-state index contributed by atoms with van der Waals surface area (Å²) in [6.07, 6.45) is 0.705. The Bertz CT molecular complexity index is 754. The topological polar surface area (TPSA) is 80.2 Å². The van der Waals surface area contributed by atoms with Crippen molar-refractivity contribution in [2.75, 3.05) is 38.4 Å². The largest absolute Gasteiger partial charge is 0.454 e. The van der Waals surface area contributed by atoms with Crippen molar-refractivity contribution in [2.24, 2.45) is 10.9 Å². The van der Waals surface area contributed by atoms with Crippen LogP contribution in [0.25, 0.3) is 0 Å². The molecule has 26 heavy (non-hydrogen) atoms. The predicted molar refractivity (Wildman–Crippen MR) is 112 cm³/mol. The number of guanidine groups is 1. The highest BCUT2D eigenvalue weighted by atomic mass is 127. The second kappa shape index (κ2) is 9.12. The minimum atomic E-state index is -2.86. The molecule has 0 saturated carbocycles. The number of hydrogen-bond acceptors (Lipinski definition) is 5. The van der Waals surface area contributed by atoms with Gasteiger partial charge in [0.15, 0.2) is 27.3 Å². The minimum absolute atomic E-state index is 0. The van der Waals surface area contributed by atoms with Crippen molar-refractivity contribution >= 4 is 39.8 Å². The van der Waals surface area contributed by atoms with Gasteiger partial charge in [-0.25, -0.2) is 8.42 Å². The van der Waals surface area contributed by atoms with Gasteiger partial charge in [-0.1, -0.05) is 6.07 Å². The zero-order valence-electron chi connectivity index (χ0n) is 15.1. The molecular formula is C17H26IN3O4S. The molecule has 7 nitrogen and oxygen atoms in total. The first-order valence-corrected chi connectivity index (χ1v) is 10.4. The molecule has 1 N–H and O–H groups in total. The van der Waals surface area contributed by atoms with Gasteiger partial charge in [-0.15, -0.1) is 24.0 Å². The van der Waals surface area contributed by atoms with Gasteiger partial charge in [0, 0.05) is 26.7 Å². The van der Waals surface area contributed by atoms with Crippen molar-refractivity contribution in [2.45, 2.75) is 19.9 Å². The number of sulfone groups is 1. The quantitative estimate of drug-likeness (QED) is 0.382. The predicted octanol–water partition coefficient (Wildman–Crippen LogP) is 1.87. The average Bonchev–Trinajstić information content (AvgIpc) is 3.16. The lowest BCUT2D eigenvalue weighted by molar-refractivity contribution is 0.174. The van der Waals surface area contributed by atoms with Crippen LogP contribution in [0.1, 0.15) is 18.9 Å². The lowest BCUT2D eigenvalue weighted by Crippen LogP contribution is -2.38. The molecule has 1 aromatic carbocycles. The van der Waals surface area contributed by atoms with Gasteiger partial charge in [-0.2, -0.15) is 0 Å². The summed E-state index contributed by atoms with van der Waals surface area (Å²) in [5, 5.41) is 3.27. The van der Waals surface area contributed by atoms with E-state index in [4.69, 9.17) is 9.47 Å². The van der Waals surface area contributed by atoms with E-state index in [9.17, 15) is 8.42 Å². The van der Waals surface area contributed by atoms with Crippen LogP contribution in [0.2, 0.25) is 0 Å². The van der Waals surface area contributed by atoms with Crippen LogP contribution in [0.3, 0.4) is 0 Å². The Morgan fingerprint density at radius 3 is 2.81 bits per heavy atom. The van der Waals surface area contributed by atoms with E-state index in [0.29, 0.717) is 19.5 Å². The number of hydrogen-bond donors (Lipinski definition) is 1. The summed E-state index contributed by atoms with van der Waals surface area (Å²) < 4.78 is 33.9. The Kier molecular flexibility index (Phi) is 7.39. The lowest BCUT2D eigenvalue weighted by atomic mass is 10.1. The molecule has 0 bridgehead atoms. The van der Waals surface area contributed by atoms with E-state index in [2.05, 4.69) is 10.3 Å². The van der Waals surface area contributed by atoms with Crippen molar-refractivity contribution in [3.8, 4) is 11.5 Å². The summed E-state index contributed by atoms with van der Waals surface area (Å²) in [5.41, 5.74) is 1.10. The third-order valence-corrected chi connectivity index (χ3v) is 6.22. The normalized spacial score (nSPS) is 20.5. The third kappa shape index (κ3) is 5.38. The summed E-state index contributed by atoms with van der Waals surface area (Å²) in [4.78, 5) is 6.67. The summed E-state index contributed by atoms with van der Waals surface area (Å²) in [6.45, 7) is 4.25. The van der Waals surface area contributed by atoms with Crippen LogP contribution >= 0.6 is 24.0 Å². The van der Waals surface area contributed by atoms with Crippen LogP contribution in [0.15, 0.2) is 23.2 Å². The van der Waals surface area contributed by atoms with E-state index >= 15 is 0 Å². The smallest absolute Gasteiger partial charge is 0.231 e. The average molecular weight is 495 g/mol. The van der Waals surface area contributed by atoms with Gasteiger partial charge in [-0.05, 0) is 37.0 Å². The number of ether oxygens (including phenoxy) is 2. The number of nitrogens with one attached hydrogen (secondary N) is 1. The molecule has 2 aliphatic heterocycles. The Labute approximate surface area is 172 Å². The van der Waals surface area contributed by atoms with Crippen LogP contribution in [0.4, 0.5) is 0 Å². The highest BCUT2D eigenvalue weighted by Crippen LogP contribution is 2.32. The zero-order valence-corrected chi connectivity index (χ0v) is 18.2. The number of benzene rings is 1. The van der Waals surface area contributed by atoms with E-state index in [1.165, 1.54) is 0 Å². The number of fused-ring (bicyclic) bond motifs is 1. The maximum absolute atomic E-state index is 11.6. The van der Waals surface area contributed by atoms with Crippen molar-refractivity contribution in [3.05, 3.63) is 23.8 Å². The molecule has 2 heterocycles. The van der Waals surface area contributed by atoms with Crippen molar-refractivity contribution in [3.63, 3.8) is 0 Å². The fraction of sp³-hybridized carbons (Fsp3) is 0.588. The molecule has 3 rings (SSSR count). The van der Waals surface area contributed by atoms with Gasteiger partial charge in [0.25, 0.3) is 0 Å². The second-order valence-electron chi connectivity index (χ2n) is 6.51. The summed E-state index contributed by atoms with van der Waals surface area (Å²) in [5.74, 6) is 2.99. The molecule has 0 aliphatic carbocycles. The number of halogens is 1. The second-order valence-corrected chi connectivity index (χ2v) is 8.74. The molecule has 1 saturated heterocycles. The fourth-order valence-corrected chi connectivity index (χ4v) is 4.94. The molecule has 1 unspecified atom stereocenters. The van der Waals surface area contributed by atoms with Crippen molar-refractivity contribution in [1.82, 2.24) is 10.2 Å². The maximum Gasteiger partial charge on any atom is 0.231 e. The first kappa shape index (κ1) is 21.1. The van der Waals surface area contributed by atoms with Gasteiger partial charge in [0.05, 0.1) is 11.5 Å². The molecule has 146 valence electrons. The summed E-state index contributed by atoms with van der Waals surface area (Å²) >= 11 is 0. The molecule has 0 radical (unpaired) electrons. The van der Waals surface area contributed by atoms with Crippen molar-refractivity contribution in [1.29, 1.82) is 0 Å². The zero-order chi connectivity index (χ0) is 17.9. The van der Waals surface area contributed by atoms with E-state index < -0.39 is 9.84 Å². The third-order valence-electron chi connectivity index (χ3n) is 4.38. The molecule has 0 amide bonds. The Morgan fingerprint density at radius 1 is 1.35 bits per heavy atom. The van der Waals surface area contributed by atoms with E-state index in [1.54, 1.807) is 0 Å². The van der Waals surface area contributed by atoms with Crippen LogP contribution < -0.4 is 14.8 Å². The van der Waals surface area contributed by atoms with E-state index in [-0.39, 0.29) is 48.2 Å². The Morgan fingerprint density at radius 2 is 2.12 bits per heavy atom. The molecular weight excluding hydrogens is 469 g/mol. The van der Waals surface area contributed by atoms with Gasteiger partial charge in [0.2, 0.25) is 6.79 Å². The molecule has 1 atom stereocenters. The minimum Gasteiger partial charge on any atom is -0.454 e. The van der Waals surface area contributed by atoms with E-state index in [0.717, 1.165) is 29.6 Å². The number of aliphatic imine (C=N–C) groups is 1. The molecule has 1 fully saturated rings. The lowest BCUT2D eigenvalue weighted by Gasteiger charge is -2.22. The molecule has 0 spiro atoms. The van der Waals surface area contributed by atoms with Crippen LogP contribution in [0.5, 0.6) is 11.5 Å². The molecule has 0 aromatic heterocycles. The highest BCUT2D eigenvalue weighted by Gasteiger charge is 2.27. The van der Waals surface area contributed by atoms with Gasteiger partial charge >= 0.3 is 0 Å². The Hall–Kier alpha value is -1.23. The van der Waals surface area contributed by atoms with Gasteiger partial charge < -0.3 is 19.7 Å².